The first-order chi connectivity index (χ1) is 6.91. The van der Waals surface area contributed by atoms with Crippen molar-refractivity contribution in [3.05, 3.63) is 0 Å². The van der Waals surface area contributed by atoms with Crippen LogP contribution in [0.2, 0.25) is 0 Å². The summed E-state index contributed by atoms with van der Waals surface area (Å²) in [5.74, 6) is 3.26. The van der Waals surface area contributed by atoms with E-state index in [9.17, 15) is 4.79 Å². The van der Waals surface area contributed by atoms with Crippen molar-refractivity contribution < 1.29 is 9.53 Å². The lowest BCUT2D eigenvalue weighted by Gasteiger charge is -2.87. The molecule has 3 fully saturated rings. The Hall–Kier alpha value is -0.530. The molecule has 2 heteroatoms. The molecule has 0 radical (unpaired) electrons. The maximum atomic E-state index is 12.0. The van der Waals surface area contributed by atoms with E-state index in [0.717, 1.165) is 11.8 Å². The smallest absolute Gasteiger partial charge is 0.312 e. The van der Waals surface area contributed by atoms with Crippen LogP contribution in [0.5, 0.6) is 0 Å². The molecule has 0 saturated heterocycles. The number of methoxy groups -OCH3 is 1. The zero-order valence-electron chi connectivity index (χ0n) is 10.2. The fourth-order valence-electron chi connectivity index (χ4n) is 5.82. The number of carbonyl (C=O) groups excluding carboxylic acids is 1. The normalized spacial score (nSPS) is 58.1. The molecule has 4 unspecified atom stereocenters. The summed E-state index contributed by atoms with van der Waals surface area (Å²) in [7, 11) is 1.53. The molecule has 0 heterocycles. The van der Waals surface area contributed by atoms with Gasteiger partial charge in [-0.2, -0.15) is 0 Å². The van der Waals surface area contributed by atoms with Crippen LogP contribution in [-0.4, -0.2) is 13.1 Å². The van der Waals surface area contributed by atoms with Gasteiger partial charge in [-0.1, -0.05) is 27.7 Å². The van der Waals surface area contributed by atoms with Gasteiger partial charge in [-0.05, 0) is 35.0 Å². The average molecular weight is 208 g/mol. The van der Waals surface area contributed by atoms with Crippen LogP contribution in [0.25, 0.3) is 0 Å². The maximum Gasteiger partial charge on any atom is 0.312 e. The van der Waals surface area contributed by atoms with Crippen molar-refractivity contribution >= 4 is 5.97 Å². The number of hydrogen-bond donors (Lipinski definition) is 0. The molecule has 0 aromatic heterocycles. The molecule has 3 aliphatic rings. The van der Waals surface area contributed by atoms with E-state index >= 15 is 0 Å². The Labute approximate surface area is 91.4 Å². The molecule has 3 saturated carbocycles. The Balaban J connectivity index is 1.97. The van der Waals surface area contributed by atoms with Crippen LogP contribution >= 0.6 is 0 Å². The first-order valence-electron chi connectivity index (χ1n) is 6.00. The molecule has 4 atom stereocenters. The lowest BCUT2D eigenvalue weighted by atomic mass is 9.15. The van der Waals surface area contributed by atoms with Crippen molar-refractivity contribution in [3.63, 3.8) is 0 Å². The summed E-state index contributed by atoms with van der Waals surface area (Å²) in [5.41, 5.74) is 0.360. The number of hydrogen-bond acceptors (Lipinski definition) is 2. The number of esters is 1. The van der Waals surface area contributed by atoms with Crippen LogP contribution in [0.4, 0.5) is 0 Å². The van der Waals surface area contributed by atoms with E-state index in [1.165, 1.54) is 7.11 Å². The Bertz CT molecular complexity index is 311. The van der Waals surface area contributed by atoms with Crippen molar-refractivity contribution in [2.75, 3.05) is 7.11 Å². The van der Waals surface area contributed by atoms with Gasteiger partial charge in [-0.3, -0.25) is 4.79 Å². The molecule has 0 aromatic rings. The van der Waals surface area contributed by atoms with Gasteiger partial charge in [0.15, 0.2) is 0 Å². The highest BCUT2D eigenvalue weighted by Crippen LogP contribution is 2.88. The van der Waals surface area contributed by atoms with Crippen LogP contribution in [0.15, 0.2) is 0 Å². The van der Waals surface area contributed by atoms with Gasteiger partial charge in [0.25, 0.3) is 0 Å². The molecule has 0 N–H and O–H groups in total. The zero-order valence-corrected chi connectivity index (χ0v) is 10.2. The number of ether oxygens (including phenoxy) is 1. The van der Waals surface area contributed by atoms with E-state index in [1.54, 1.807) is 0 Å². The second kappa shape index (κ2) is 2.26. The van der Waals surface area contributed by atoms with Crippen LogP contribution in [0.1, 0.15) is 27.7 Å². The Morgan fingerprint density at radius 2 is 1.53 bits per heavy atom. The molecule has 0 spiro atoms. The summed E-state index contributed by atoms with van der Waals surface area (Å²) in [5, 5.41) is 0. The average Bonchev–Trinajstić information content (AvgIpc) is 2.14. The monoisotopic (exact) mass is 208 g/mol. The van der Waals surface area contributed by atoms with E-state index in [2.05, 4.69) is 27.7 Å². The molecular weight excluding hydrogens is 188 g/mol. The predicted molar refractivity (Wildman–Crippen MR) is 57.0 cm³/mol. The molecule has 2 nitrogen and oxygen atoms in total. The first kappa shape index (κ1) is 9.68. The fourth-order valence-corrected chi connectivity index (χ4v) is 5.82. The predicted octanol–water partition coefficient (Wildman–Crippen LogP) is 2.33. The summed E-state index contributed by atoms with van der Waals surface area (Å²) in [6.07, 6.45) is 0. The lowest BCUT2D eigenvalue weighted by molar-refractivity contribution is -0.408. The van der Waals surface area contributed by atoms with E-state index in [1.807, 2.05) is 0 Å². The summed E-state index contributed by atoms with van der Waals surface area (Å²) >= 11 is 0. The molecule has 3 rings (SSSR count). The maximum absolute atomic E-state index is 12.0. The van der Waals surface area contributed by atoms with E-state index in [-0.39, 0.29) is 11.4 Å². The van der Waals surface area contributed by atoms with Gasteiger partial charge in [-0.15, -0.1) is 0 Å². The molecule has 0 aromatic carbocycles. The standard InChI is InChI=1S/C13H20O2/c1-6-8-10-9(12(8,3)4)7(2)13(6,10)11(14)15-5/h6-10H,1-5H3. The third-order valence-corrected chi connectivity index (χ3v) is 6.17. The van der Waals surface area contributed by atoms with Gasteiger partial charge < -0.3 is 4.74 Å². The highest BCUT2D eigenvalue weighted by Gasteiger charge is 2.88. The second-order valence-electron chi connectivity index (χ2n) is 6.40. The van der Waals surface area contributed by atoms with Crippen LogP contribution in [0, 0.1) is 40.4 Å². The summed E-state index contributed by atoms with van der Waals surface area (Å²) in [4.78, 5) is 12.0. The van der Waals surface area contributed by atoms with E-state index in [0.29, 0.717) is 23.2 Å². The van der Waals surface area contributed by atoms with Gasteiger partial charge in [0.2, 0.25) is 0 Å². The molecule has 0 aliphatic heterocycles. The minimum Gasteiger partial charge on any atom is -0.469 e. The lowest BCUT2D eigenvalue weighted by Crippen LogP contribution is -2.87. The summed E-state index contributed by atoms with van der Waals surface area (Å²) in [6.45, 7) is 9.22. The SMILES string of the molecule is COC(=O)C12C(C)C3C1C(C2C)C3(C)C. The number of rotatable bonds is 1. The van der Waals surface area contributed by atoms with E-state index in [4.69, 9.17) is 4.74 Å². The van der Waals surface area contributed by atoms with Gasteiger partial charge in [0.05, 0.1) is 12.5 Å². The largest absolute Gasteiger partial charge is 0.469 e. The highest BCUT2D eigenvalue weighted by molar-refractivity contribution is 5.82. The van der Waals surface area contributed by atoms with Crippen LogP contribution < -0.4 is 0 Å². The Morgan fingerprint density at radius 1 is 1.07 bits per heavy atom. The van der Waals surface area contributed by atoms with Crippen molar-refractivity contribution in [1.29, 1.82) is 0 Å². The van der Waals surface area contributed by atoms with Gasteiger partial charge >= 0.3 is 5.97 Å². The Morgan fingerprint density at radius 3 is 1.87 bits per heavy atom. The van der Waals surface area contributed by atoms with Crippen molar-refractivity contribution in [2.45, 2.75) is 27.7 Å². The molecule has 15 heavy (non-hydrogen) atoms. The minimum absolute atomic E-state index is 0.0514. The minimum atomic E-state index is -0.0976. The summed E-state index contributed by atoms with van der Waals surface area (Å²) in [6, 6.07) is 0. The van der Waals surface area contributed by atoms with Crippen molar-refractivity contribution in [1.82, 2.24) is 0 Å². The molecular formula is C13H20O2. The molecule has 0 amide bonds. The fraction of sp³-hybridized carbons (Fsp3) is 0.923. The third-order valence-electron chi connectivity index (χ3n) is 6.17. The van der Waals surface area contributed by atoms with Gasteiger partial charge in [-0.25, -0.2) is 0 Å². The topological polar surface area (TPSA) is 26.3 Å². The van der Waals surface area contributed by atoms with Gasteiger partial charge in [0, 0.05) is 0 Å². The van der Waals surface area contributed by atoms with Crippen molar-refractivity contribution in [3.8, 4) is 0 Å². The highest BCUT2D eigenvalue weighted by atomic mass is 16.5. The molecule has 0 bridgehead atoms. The summed E-state index contributed by atoms with van der Waals surface area (Å²) < 4.78 is 5.02. The van der Waals surface area contributed by atoms with Gasteiger partial charge in [0.1, 0.15) is 0 Å². The zero-order chi connectivity index (χ0) is 11.2. The Kier molecular flexibility index (Phi) is 1.46. The molecule has 3 aliphatic carbocycles. The van der Waals surface area contributed by atoms with E-state index < -0.39 is 0 Å². The number of carbonyl (C=O) groups is 1. The molecule has 84 valence electrons. The quantitative estimate of drug-likeness (QED) is 0.618. The third kappa shape index (κ3) is 0.620. The van der Waals surface area contributed by atoms with Crippen molar-refractivity contribution in [2.24, 2.45) is 40.4 Å². The van der Waals surface area contributed by atoms with Crippen LogP contribution in [0.3, 0.4) is 0 Å². The first-order valence-corrected chi connectivity index (χ1v) is 6.00. The van der Waals surface area contributed by atoms with Crippen LogP contribution in [-0.2, 0) is 9.53 Å². The second-order valence-corrected chi connectivity index (χ2v) is 6.40.